The second-order valence-electron chi connectivity index (χ2n) is 5.01. The minimum Gasteiger partial charge on any atom is -0.427 e. The molecule has 0 aromatic heterocycles. The van der Waals surface area contributed by atoms with Crippen molar-refractivity contribution in [2.24, 2.45) is 4.99 Å². The predicted octanol–water partition coefficient (Wildman–Crippen LogP) is 5.44. The van der Waals surface area contributed by atoms with E-state index >= 15 is 0 Å². The fraction of sp³-hybridized carbons (Fsp3) is 0.118. The van der Waals surface area contributed by atoms with Crippen LogP contribution in [-0.2, 0) is 10.9 Å². The van der Waals surface area contributed by atoms with Gasteiger partial charge < -0.3 is 4.74 Å². The summed E-state index contributed by atoms with van der Waals surface area (Å²) in [6.07, 6.45) is -7.55. The van der Waals surface area contributed by atoms with E-state index in [4.69, 9.17) is 0 Å². The molecule has 2 aromatic carbocycles. The van der Waals surface area contributed by atoms with Crippen molar-refractivity contribution in [1.82, 2.24) is 0 Å². The lowest BCUT2D eigenvalue weighted by Gasteiger charge is -2.13. The Hall–Kier alpha value is -2.70. The van der Waals surface area contributed by atoms with Crippen LogP contribution in [0.3, 0.4) is 0 Å². The van der Waals surface area contributed by atoms with E-state index in [-0.39, 0.29) is 5.76 Å². The first kappa shape index (κ1) is 16.2. The van der Waals surface area contributed by atoms with Crippen molar-refractivity contribution in [2.75, 3.05) is 0 Å². The van der Waals surface area contributed by atoms with Crippen molar-refractivity contribution in [1.29, 1.82) is 0 Å². The zero-order chi connectivity index (χ0) is 17.4. The van der Waals surface area contributed by atoms with Gasteiger partial charge in [-0.3, -0.25) is 0 Å². The van der Waals surface area contributed by atoms with Crippen molar-refractivity contribution in [2.45, 2.75) is 12.3 Å². The molecule has 1 heterocycles. The van der Waals surface area contributed by atoms with Gasteiger partial charge in [0.2, 0.25) is 0 Å². The van der Waals surface area contributed by atoms with Crippen LogP contribution >= 0.6 is 0 Å². The third-order valence-corrected chi connectivity index (χ3v) is 3.31. The van der Waals surface area contributed by atoms with Crippen LogP contribution in [0.1, 0.15) is 11.1 Å². The molecule has 2 nitrogen and oxygen atoms in total. The van der Waals surface area contributed by atoms with Crippen LogP contribution in [0, 0.1) is 0 Å². The Morgan fingerprint density at radius 2 is 1.50 bits per heavy atom. The van der Waals surface area contributed by atoms with Crippen molar-refractivity contribution in [3.05, 3.63) is 71.8 Å². The summed E-state index contributed by atoms with van der Waals surface area (Å²) in [7, 11) is 0. The first-order chi connectivity index (χ1) is 11.3. The molecule has 7 heteroatoms. The summed E-state index contributed by atoms with van der Waals surface area (Å²) in [5, 5.41) is 0. The van der Waals surface area contributed by atoms with E-state index in [0.717, 1.165) is 18.2 Å². The van der Waals surface area contributed by atoms with Gasteiger partial charge in [0.1, 0.15) is 5.76 Å². The van der Waals surface area contributed by atoms with Crippen molar-refractivity contribution in [3.8, 4) is 0 Å². The van der Waals surface area contributed by atoms with E-state index < -0.39 is 29.2 Å². The summed E-state index contributed by atoms with van der Waals surface area (Å²) in [5.41, 5.74) is -2.17. The number of rotatable bonds is 2. The van der Waals surface area contributed by atoms with Gasteiger partial charge in [0.15, 0.2) is 5.71 Å². The Kier molecular flexibility index (Phi) is 3.87. The normalized spacial score (nSPS) is 18.4. The number of halogens is 5. The molecule has 0 amide bonds. The van der Waals surface area contributed by atoms with E-state index in [0.29, 0.717) is 5.56 Å². The Morgan fingerprint density at radius 3 is 2.17 bits per heavy atom. The Morgan fingerprint density at radius 1 is 0.875 bits per heavy atom. The highest BCUT2D eigenvalue weighted by Crippen LogP contribution is 2.39. The quantitative estimate of drug-likeness (QED) is 0.668. The van der Waals surface area contributed by atoms with Gasteiger partial charge in [0.05, 0.1) is 11.3 Å². The topological polar surface area (TPSA) is 21.6 Å². The zero-order valence-electron chi connectivity index (χ0n) is 12.0. The predicted molar refractivity (Wildman–Crippen MR) is 79.0 cm³/mol. The smallest absolute Gasteiger partial charge is 0.427 e. The molecular weight excluding hydrogens is 329 g/mol. The first-order valence-electron chi connectivity index (χ1n) is 6.87. The van der Waals surface area contributed by atoms with Gasteiger partial charge in [-0.25, -0.2) is 4.99 Å². The number of para-hydroxylation sites is 1. The lowest BCUT2D eigenvalue weighted by atomic mass is 10.1. The molecule has 1 aliphatic rings. The third kappa shape index (κ3) is 3.15. The van der Waals surface area contributed by atoms with Crippen molar-refractivity contribution in [3.63, 3.8) is 0 Å². The average Bonchev–Trinajstić information content (AvgIpc) is 2.83. The number of benzene rings is 2. The summed E-state index contributed by atoms with van der Waals surface area (Å²) in [4.78, 5) is 3.50. The first-order valence-corrected chi connectivity index (χ1v) is 6.87. The highest BCUT2D eigenvalue weighted by Gasteiger charge is 2.45. The zero-order valence-corrected chi connectivity index (χ0v) is 12.0. The minimum atomic E-state index is -4.69. The molecule has 0 atom stereocenters. The van der Waals surface area contributed by atoms with E-state index in [1.54, 1.807) is 30.3 Å². The lowest BCUT2D eigenvalue weighted by molar-refractivity contribution is -0.137. The highest BCUT2D eigenvalue weighted by atomic mass is 19.4. The number of aliphatic imine (C=N–C) groups is 1. The number of hydrogen-bond donors (Lipinski definition) is 0. The molecule has 0 aliphatic carbocycles. The van der Waals surface area contributed by atoms with E-state index in [9.17, 15) is 22.0 Å². The van der Waals surface area contributed by atoms with Gasteiger partial charge in [-0.15, -0.1) is 0 Å². The Labute approximate surface area is 133 Å². The second kappa shape index (κ2) is 5.74. The molecule has 0 fully saturated rings. The number of nitrogens with zero attached hydrogens (tertiary/aromatic N) is 1. The lowest BCUT2D eigenvalue weighted by Crippen LogP contribution is -2.24. The highest BCUT2D eigenvalue weighted by molar-refractivity contribution is 6.08. The molecule has 0 bridgehead atoms. The molecular formula is C17H10F5NO. The van der Waals surface area contributed by atoms with E-state index in [2.05, 4.69) is 9.73 Å². The number of ether oxygens (including phenoxy) is 1. The fourth-order valence-corrected chi connectivity index (χ4v) is 2.21. The molecule has 0 spiro atoms. The maximum atomic E-state index is 14.0. The molecule has 0 N–H and O–H groups in total. The van der Waals surface area contributed by atoms with Crippen molar-refractivity contribution >= 4 is 17.2 Å². The SMILES string of the molecule is FC1(F)OC(c2ccccc2)=CC1=Nc1ccccc1C(F)(F)F. The van der Waals surface area contributed by atoms with Crippen LogP contribution in [0.15, 0.2) is 65.7 Å². The summed E-state index contributed by atoms with van der Waals surface area (Å²) in [6.45, 7) is 0. The molecule has 0 radical (unpaired) electrons. The molecule has 3 rings (SSSR count). The van der Waals surface area contributed by atoms with Gasteiger partial charge in [0, 0.05) is 11.6 Å². The van der Waals surface area contributed by atoms with E-state index in [1.165, 1.54) is 12.1 Å². The van der Waals surface area contributed by atoms with Gasteiger partial charge in [-0.2, -0.15) is 22.0 Å². The van der Waals surface area contributed by atoms with Gasteiger partial charge >= 0.3 is 12.3 Å². The molecule has 0 saturated heterocycles. The van der Waals surface area contributed by atoms with Gasteiger partial charge in [-0.05, 0) is 12.1 Å². The molecule has 1 aliphatic heterocycles. The molecule has 124 valence electrons. The van der Waals surface area contributed by atoms with Crippen LogP contribution in [-0.4, -0.2) is 11.8 Å². The van der Waals surface area contributed by atoms with Gasteiger partial charge in [0.25, 0.3) is 0 Å². The summed E-state index contributed by atoms with van der Waals surface area (Å²) in [5.74, 6) is -0.149. The maximum absolute atomic E-state index is 14.0. The largest absolute Gasteiger partial charge is 0.444 e. The van der Waals surface area contributed by atoms with Crippen LogP contribution < -0.4 is 0 Å². The average molecular weight is 339 g/mol. The maximum Gasteiger partial charge on any atom is 0.444 e. The monoisotopic (exact) mass is 339 g/mol. The standard InChI is InChI=1S/C17H10F5NO/c18-16(19,20)12-8-4-5-9-13(12)23-15-10-14(24-17(15,21)22)11-6-2-1-3-7-11/h1-10H. The third-order valence-electron chi connectivity index (χ3n) is 3.31. The number of hydrogen-bond acceptors (Lipinski definition) is 2. The number of alkyl halides is 5. The summed E-state index contributed by atoms with van der Waals surface area (Å²) < 4.78 is 71.4. The van der Waals surface area contributed by atoms with Crippen LogP contribution in [0.2, 0.25) is 0 Å². The molecule has 0 saturated carbocycles. The minimum absolute atomic E-state index is 0.149. The summed E-state index contributed by atoms with van der Waals surface area (Å²) in [6, 6.07) is 12.3. The van der Waals surface area contributed by atoms with Gasteiger partial charge in [-0.1, -0.05) is 42.5 Å². The summed E-state index contributed by atoms with van der Waals surface area (Å²) >= 11 is 0. The molecule has 24 heavy (non-hydrogen) atoms. The van der Waals surface area contributed by atoms with Crippen LogP contribution in [0.4, 0.5) is 27.6 Å². The Balaban J connectivity index is 2.05. The van der Waals surface area contributed by atoms with Crippen LogP contribution in [0.5, 0.6) is 0 Å². The van der Waals surface area contributed by atoms with Crippen LogP contribution in [0.25, 0.3) is 5.76 Å². The molecule has 0 unspecified atom stereocenters. The Bertz CT molecular complexity index is 809. The fourth-order valence-electron chi connectivity index (χ4n) is 2.21. The molecule has 2 aromatic rings. The van der Waals surface area contributed by atoms with E-state index in [1.807, 2.05) is 0 Å². The van der Waals surface area contributed by atoms with Crippen molar-refractivity contribution < 1.29 is 26.7 Å². The second-order valence-corrected chi connectivity index (χ2v) is 5.01.